The molecule has 1 aliphatic heterocycles. The molecule has 1 saturated heterocycles. The van der Waals surface area contributed by atoms with Crippen LogP contribution >= 0.6 is 0 Å². The van der Waals surface area contributed by atoms with Gasteiger partial charge in [0.05, 0.1) is 6.61 Å². The zero-order chi connectivity index (χ0) is 14.5. The fourth-order valence-electron chi connectivity index (χ4n) is 3.56. The van der Waals surface area contributed by atoms with E-state index in [2.05, 4.69) is 40.1 Å². The molecular formula is C18H28N2O. The van der Waals surface area contributed by atoms with E-state index in [1.807, 2.05) is 0 Å². The smallest absolute Gasteiger partial charge is 0.0558 e. The molecule has 3 heteroatoms. The molecule has 1 atom stereocenters. The van der Waals surface area contributed by atoms with Crippen molar-refractivity contribution in [3.63, 3.8) is 0 Å². The Morgan fingerprint density at radius 2 is 1.90 bits per heavy atom. The molecule has 0 unspecified atom stereocenters. The van der Waals surface area contributed by atoms with Gasteiger partial charge < -0.3 is 5.11 Å². The van der Waals surface area contributed by atoms with Gasteiger partial charge in [0, 0.05) is 31.7 Å². The molecule has 1 aliphatic carbocycles. The number of aliphatic hydroxyl groups excluding tert-OH is 1. The first-order chi connectivity index (χ1) is 10.4. The van der Waals surface area contributed by atoms with E-state index in [-0.39, 0.29) is 0 Å². The Labute approximate surface area is 128 Å². The lowest BCUT2D eigenvalue weighted by atomic mass is 10.0. The van der Waals surface area contributed by atoms with Gasteiger partial charge in [-0.05, 0) is 37.8 Å². The van der Waals surface area contributed by atoms with Crippen LogP contribution in [0.4, 0.5) is 0 Å². The first-order valence-electron chi connectivity index (χ1n) is 8.49. The maximum absolute atomic E-state index is 9.27. The molecule has 0 radical (unpaired) electrons. The molecule has 0 spiro atoms. The minimum absolute atomic E-state index is 0.290. The molecule has 1 saturated carbocycles. The van der Waals surface area contributed by atoms with E-state index in [4.69, 9.17) is 0 Å². The maximum Gasteiger partial charge on any atom is 0.0558 e. The van der Waals surface area contributed by atoms with Gasteiger partial charge in [-0.2, -0.15) is 0 Å². The van der Waals surface area contributed by atoms with Crippen LogP contribution in [0.2, 0.25) is 0 Å². The van der Waals surface area contributed by atoms with E-state index in [1.165, 1.54) is 44.2 Å². The minimum atomic E-state index is 0.290. The molecular weight excluding hydrogens is 260 g/mol. The first-order valence-corrected chi connectivity index (χ1v) is 8.49. The number of hydrogen-bond donors (Lipinski definition) is 1. The van der Waals surface area contributed by atoms with Crippen LogP contribution in [-0.2, 0) is 6.54 Å². The third-order valence-electron chi connectivity index (χ3n) is 4.87. The lowest BCUT2D eigenvalue weighted by Gasteiger charge is -2.38. The third kappa shape index (κ3) is 4.29. The van der Waals surface area contributed by atoms with E-state index < -0.39 is 0 Å². The van der Waals surface area contributed by atoms with Crippen molar-refractivity contribution in [3.8, 4) is 0 Å². The largest absolute Gasteiger partial charge is 0.395 e. The molecule has 3 rings (SSSR count). The van der Waals surface area contributed by atoms with E-state index in [0.29, 0.717) is 12.6 Å². The normalized spacial score (nSPS) is 23.6. The second-order valence-corrected chi connectivity index (χ2v) is 6.56. The molecule has 1 N–H and O–H groups in total. The Kier molecular flexibility index (Phi) is 5.28. The molecule has 0 aromatic heterocycles. The van der Waals surface area contributed by atoms with Crippen LogP contribution in [0, 0.1) is 0 Å². The maximum atomic E-state index is 9.27. The number of likely N-dealkylation sites (tertiary alicyclic amines) is 1. The zero-order valence-corrected chi connectivity index (χ0v) is 13.0. The van der Waals surface area contributed by atoms with Crippen molar-refractivity contribution >= 4 is 0 Å². The second-order valence-electron chi connectivity index (χ2n) is 6.56. The Hall–Kier alpha value is -0.900. The van der Waals surface area contributed by atoms with Crippen molar-refractivity contribution in [2.45, 2.75) is 50.7 Å². The summed E-state index contributed by atoms with van der Waals surface area (Å²) in [4.78, 5) is 5.18. The Morgan fingerprint density at radius 1 is 1.10 bits per heavy atom. The summed E-state index contributed by atoms with van der Waals surface area (Å²) in [6.45, 7) is 4.54. The molecule has 2 fully saturated rings. The number of rotatable bonds is 7. The summed E-state index contributed by atoms with van der Waals surface area (Å²) in [7, 11) is 0. The lowest BCUT2D eigenvalue weighted by Crippen LogP contribution is -2.48. The topological polar surface area (TPSA) is 26.7 Å². The first kappa shape index (κ1) is 15.0. The van der Waals surface area contributed by atoms with Crippen LogP contribution in [0.1, 0.15) is 37.7 Å². The highest BCUT2D eigenvalue weighted by atomic mass is 16.3. The Morgan fingerprint density at radius 3 is 2.62 bits per heavy atom. The highest BCUT2D eigenvalue weighted by molar-refractivity contribution is 5.15. The average Bonchev–Trinajstić information content (AvgIpc) is 3.35. The van der Waals surface area contributed by atoms with Gasteiger partial charge in [-0.3, -0.25) is 9.80 Å². The molecule has 3 nitrogen and oxygen atoms in total. The van der Waals surface area contributed by atoms with Crippen LogP contribution in [0.3, 0.4) is 0 Å². The molecule has 0 amide bonds. The number of piperidine rings is 1. The quantitative estimate of drug-likeness (QED) is 0.835. The number of nitrogens with zero attached hydrogens (tertiary/aromatic N) is 2. The number of aliphatic hydroxyl groups is 1. The van der Waals surface area contributed by atoms with Crippen molar-refractivity contribution < 1.29 is 5.11 Å². The van der Waals surface area contributed by atoms with Gasteiger partial charge >= 0.3 is 0 Å². The summed E-state index contributed by atoms with van der Waals surface area (Å²) in [5.74, 6) is 0. The zero-order valence-electron chi connectivity index (χ0n) is 13.0. The van der Waals surface area contributed by atoms with Crippen LogP contribution in [0.5, 0.6) is 0 Å². The molecule has 2 aliphatic rings. The van der Waals surface area contributed by atoms with Crippen molar-refractivity contribution in [1.82, 2.24) is 9.80 Å². The van der Waals surface area contributed by atoms with Gasteiger partial charge in [-0.15, -0.1) is 0 Å². The summed E-state index contributed by atoms with van der Waals surface area (Å²) in [6, 6.07) is 12.3. The highest BCUT2D eigenvalue weighted by Crippen LogP contribution is 2.30. The lowest BCUT2D eigenvalue weighted by molar-refractivity contribution is 0.0804. The van der Waals surface area contributed by atoms with Crippen LogP contribution in [0.15, 0.2) is 30.3 Å². The van der Waals surface area contributed by atoms with Crippen molar-refractivity contribution in [2.75, 3.05) is 26.2 Å². The molecule has 1 aromatic carbocycles. The number of hydrogen-bond acceptors (Lipinski definition) is 3. The number of benzene rings is 1. The van der Waals surface area contributed by atoms with Crippen molar-refractivity contribution in [1.29, 1.82) is 0 Å². The fourth-order valence-corrected chi connectivity index (χ4v) is 3.56. The predicted molar refractivity (Wildman–Crippen MR) is 86.2 cm³/mol. The summed E-state index contributed by atoms with van der Waals surface area (Å²) < 4.78 is 0. The summed E-state index contributed by atoms with van der Waals surface area (Å²) >= 11 is 0. The van der Waals surface area contributed by atoms with Gasteiger partial charge in [0.15, 0.2) is 0 Å². The average molecular weight is 288 g/mol. The van der Waals surface area contributed by atoms with Crippen molar-refractivity contribution in [2.24, 2.45) is 0 Å². The van der Waals surface area contributed by atoms with E-state index in [1.54, 1.807) is 0 Å². The summed E-state index contributed by atoms with van der Waals surface area (Å²) in [5.41, 5.74) is 1.42. The second kappa shape index (κ2) is 7.39. The third-order valence-corrected chi connectivity index (χ3v) is 4.87. The monoisotopic (exact) mass is 288 g/mol. The predicted octanol–water partition coefficient (Wildman–Crippen LogP) is 2.50. The van der Waals surface area contributed by atoms with Gasteiger partial charge in [-0.25, -0.2) is 0 Å². The van der Waals surface area contributed by atoms with Gasteiger partial charge in [0.1, 0.15) is 0 Å². The SMILES string of the molecule is OCCN1CCCC[C@@H]1CN(Cc1ccccc1)C1CC1. The highest BCUT2D eigenvalue weighted by Gasteiger charge is 2.32. The fraction of sp³-hybridized carbons (Fsp3) is 0.667. The summed E-state index contributed by atoms with van der Waals surface area (Å²) in [5, 5.41) is 9.27. The van der Waals surface area contributed by atoms with Crippen LogP contribution < -0.4 is 0 Å². The van der Waals surface area contributed by atoms with E-state index >= 15 is 0 Å². The number of β-amino-alcohol motifs (C(OH)–C–C–N with tert-alkyl or cyclic N) is 1. The molecule has 1 aromatic rings. The standard InChI is InChI=1S/C18H28N2O/c21-13-12-19-11-5-4-8-18(19)15-20(17-9-10-17)14-16-6-2-1-3-7-16/h1-3,6-7,17-18,21H,4-5,8-15H2/t18-/m1/s1. The Bertz CT molecular complexity index is 416. The summed E-state index contributed by atoms with van der Waals surface area (Å²) in [6.07, 6.45) is 6.65. The molecule has 0 bridgehead atoms. The van der Waals surface area contributed by atoms with Crippen LogP contribution in [0.25, 0.3) is 0 Å². The molecule has 21 heavy (non-hydrogen) atoms. The van der Waals surface area contributed by atoms with E-state index in [0.717, 1.165) is 25.7 Å². The van der Waals surface area contributed by atoms with Crippen LogP contribution in [-0.4, -0.2) is 53.2 Å². The molecule has 116 valence electrons. The van der Waals surface area contributed by atoms with Gasteiger partial charge in [-0.1, -0.05) is 36.8 Å². The Balaban J connectivity index is 1.61. The van der Waals surface area contributed by atoms with E-state index in [9.17, 15) is 5.11 Å². The minimum Gasteiger partial charge on any atom is -0.395 e. The molecule has 1 heterocycles. The van der Waals surface area contributed by atoms with Crippen molar-refractivity contribution in [3.05, 3.63) is 35.9 Å². The van der Waals surface area contributed by atoms with Gasteiger partial charge in [0.25, 0.3) is 0 Å². The van der Waals surface area contributed by atoms with Gasteiger partial charge in [0.2, 0.25) is 0 Å².